The Morgan fingerprint density at radius 2 is 2.00 bits per heavy atom. The van der Waals surface area contributed by atoms with Crippen LogP contribution in [0.25, 0.3) is 0 Å². The quantitative estimate of drug-likeness (QED) is 0.715. The number of Topliss-reactive ketones (excluding diaryl/α,β-unsaturated/α-hetero) is 1. The molecule has 0 heterocycles. The van der Waals surface area contributed by atoms with Gasteiger partial charge in [-0.05, 0) is 56.7 Å². The fraction of sp³-hybridized carbons (Fsp3) is 0.632. The Bertz CT molecular complexity index is 538. The van der Waals surface area contributed by atoms with Crippen LogP contribution in [0.5, 0.6) is 11.5 Å². The molecule has 0 spiro atoms. The molecule has 1 aliphatic rings. The monoisotopic (exact) mass is 335 g/mol. The second-order valence-electron chi connectivity index (χ2n) is 6.75. The number of rotatable bonds is 8. The van der Waals surface area contributed by atoms with E-state index in [4.69, 9.17) is 9.47 Å². The van der Waals surface area contributed by atoms with E-state index in [1.807, 2.05) is 0 Å². The summed E-state index contributed by atoms with van der Waals surface area (Å²) in [4.78, 5) is 11.4. The van der Waals surface area contributed by atoms with E-state index in [9.17, 15) is 9.90 Å². The summed E-state index contributed by atoms with van der Waals surface area (Å²) in [5, 5.41) is 13.5. The summed E-state index contributed by atoms with van der Waals surface area (Å²) in [5.41, 5.74) is 0.577. The molecule has 0 amide bonds. The minimum atomic E-state index is -0.582. The first-order valence-corrected chi connectivity index (χ1v) is 8.72. The molecule has 0 bridgehead atoms. The molecule has 1 aliphatic carbocycles. The van der Waals surface area contributed by atoms with Crippen molar-refractivity contribution in [3.8, 4) is 11.5 Å². The number of nitrogens with one attached hydrogen (secondary N) is 1. The SMILES string of the molecule is COc1cc(C(C)=O)ccc1OCC(O)CNC1CCC(C)CC1. The van der Waals surface area contributed by atoms with Crippen LogP contribution in [-0.2, 0) is 0 Å². The van der Waals surface area contributed by atoms with Crippen molar-refractivity contribution in [1.29, 1.82) is 0 Å². The molecule has 1 aromatic carbocycles. The van der Waals surface area contributed by atoms with Crippen LogP contribution >= 0.6 is 0 Å². The van der Waals surface area contributed by atoms with Gasteiger partial charge < -0.3 is 19.9 Å². The van der Waals surface area contributed by atoms with Crippen molar-refractivity contribution in [2.24, 2.45) is 5.92 Å². The molecule has 2 rings (SSSR count). The Morgan fingerprint density at radius 3 is 2.62 bits per heavy atom. The molecule has 1 aromatic rings. The van der Waals surface area contributed by atoms with Gasteiger partial charge in [0.2, 0.25) is 0 Å². The van der Waals surface area contributed by atoms with Crippen molar-refractivity contribution in [3.63, 3.8) is 0 Å². The van der Waals surface area contributed by atoms with Crippen molar-refractivity contribution in [2.45, 2.75) is 51.7 Å². The van der Waals surface area contributed by atoms with Gasteiger partial charge in [0.25, 0.3) is 0 Å². The van der Waals surface area contributed by atoms with Crippen molar-refractivity contribution in [3.05, 3.63) is 23.8 Å². The molecular weight excluding hydrogens is 306 g/mol. The summed E-state index contributed by atoms with van der Waals surface area (Å²) in [6.07, 6.45) is 4.28. The lowest BCUT2D eigenvalue weighted by Crippen LogP contribution is -2.39. The smallest absolute Gasteiger partial charge is 0.161 e. The van der Waals surface area contributed by atoms with Gasteiger partial charge >= 0.3 is 0 Å². The molecule has 0 saturated heterocycles. The number of carbonyl (C=O) groups excluding carboxylic acids is 1. The highest BCUT2D eigenvalue weighted by molar-refractivity contribution is 5.94. The van der Waals surface area contributed by atoms with Gasteiger partial charge in [0, 0.05) is 18.2 Å². The highest BCUT2D eigenvalue weighted by Gasteiger charge is 2.19. The average molecular weight is 335 g/mol. The molecule has 134 valence electrons. The maximum Gasteiger partial charge on any atom is 0.161 e. The predicted octanol–water partition coefficient (Wildman–Crippen LogP) is 2.81. The number of hydrogen-bond donors (Lipinski definition) is 2. The molecule has 2 N–H and O–H groups in total. The first-order valence-electron chi connectivity index (χ1n) is 8.72. The summed E-state index contributed by atoms with van der Waals surface area (Å²) < 4.78 is 10.9. The van der Waals surface area contributed by atoms with E-state index in [0.717, 1.165) is 5.92 Å². The summed E-state index contributed by atoms with van der Waals surface area (Å²) in [7, 11) is 1.54. The lowest BCUT2D eigenvalue weighted by atomic mass is 9.87. The van der Waals surface area contributed by atoms with E-state index in [1.165, 1.54) is 39.7 Å². The zero-order valence-corrected chi connectivity index (χ0v) is 14.9. The molecular formula is C19H29NO4. The van der Waals surface area contributed by atoms with Crippen LogP contribution in [0.3, 0.4) is 0 Å². The summed E-state index contributed by atoms with van der Waals surface area (Å²) >= 11 is 0. The Hall–Kier alpha value is -1.59. The molecule has 5 nitrogen and oxygen atoms in total. The molecule has 0 aliphatic heterocycles. The van der Waals surface area contributed by atoms with Crippen molar-refractivity contribution < 1.29 is 19.4 Å². The number of methoxy groups -OCH3 is 1. The normalized spacial score (nSPS) is 22.0. The molecule has 5 heteroatoms. The van der Waals surface area contributed by atoms with Crippen LogP contribution in [0.15, 0.2) is 18.2 Å². The number of aliphatic hydroxyl groups is 1. The Labute approximate surface area is 144 Å². The molecule has 1 unspecified atom stereocenters. The highest BCUT2D eigenvalue weighted by atomic mass is 16.5. The minimum Gasteiger partial charge on any atom is -0.493 e. The van der Waals surface area contributed by atoms with Gasteiger partial charge in [-0.3, -0.25) is 4.79 Å². The summed E-state index contributed by atoms with van der Waals surface area (Å²) in [6.45, 7) is 4.51. The van der Waals surface area contributed by atoms with Gasteiger partial charge in [-0.15, -0.1) is 0 Å². The van der Waals surface area contributed by atoms with Gasteiger partial charge in [0.15, 0.2) is 17.3 Å². The van der Waals surface area contributed by atoms with Crippen LogP contribution < -0.4 is 14.8 Å². The van der Waals surface area contributed by atoms with Crippen molar-refractivity contribution in [2.75, 3.05) is 20.3 Å². The molecule has 1 fully saturated rings. The van der Waals surface area contributed by atoms with Gasteiger partial charge in [-0.25, -0.2) is 0 Å². The largest absolute Gasteiger partial charge is 0.493 e. The van der Waals surface area contributed by atoms with E-state index >= 15 is 0 Å². The van der Waals surface area contributed by atoms with E-state index in [2.05, 4.69) is 12.2 Å². The Kier molecular flexibility index (Phi) is 7.06. The van der Waals surface area contributed by atoms with Gasteiger partial charge in [-0.1, -0.05) is 6.92 Å². The van der Waals surface area contributed by atoms with Crippen LogP contribution in [0.2, 0.25) is 0 Å². The Balaban J connectivity index is 1.78. The van der Waals surface area contributed by atoms with Gasteiger partial charge in [-0.2, -0.15) is 0 Å². The standard InChI is InChI=1S/C19H29NO4/c1-13-4-7-16(8-5-13)20-11-17(22)12-24-18-9-6-15(14(2)21)10-19(18)23-3/h6,9-10,13,16-17,20,22H,4-5,7-8,11-12H2,1-3H3. The first-order chi connectivity index (χ1) is 11.5. The number of carbonyl (C=O) groups is 1. The average Bonchev–Trinajstić information content (AvgIpc) is 2.59. The molecule has 24 heavy (non-hydrogen) atoms. The maximum atomic E-state index is 11.4. The van der Waals surface area contributed by atoms with E-state index in [-0.39, 0.29) is 12.4 Å². The number of hydrogen-bond acceptors (Lipinski definition) is 5. The van der Waals surface area contributed by atoms with E-state index in [0.29, 0.717) is 29.6 Å². The topological polar surface area (TPSA) is 67.8 Å². The highest BCUT2D eigenvalue weighted by Crippen LogP contribution is 2.28. The predicted molar refractivity (Wildman–Crippen MR) is 93.9 cm³/mol. The van der Waals surface area contributed by atoms with Crippen LogP contribution in [0, 0.1) is 5.92 Å². The fourth-order valence-electron chi connectivity index (χ4n) is 3.02. The van der Waals surface area contributed by atoms with E-state index < -0.39 is 6.10 Å². The summed E-state index contributed by atoms with van der Waals surface area (Å²) in [6, 6.07) is 5.57. The first kappa shape index (κ1) is 18.7. The number of aliphatic hydroxyl groups excluding tert-OH is 1. The molecule has 1 atom stereocenters. The summed E-state index contributed by atoms with van der Waals surface area (Å²) in [5.74, 6) is 1.84. The Morgan fingerprint density at radius 1 is 1.29 bits per heavy atom. The molecule has 1 saturated carbocycles. The zero-order chi connectivity index (χ0) is 17.5. The van der Waals surface area contributed by atoms with Crippen molar-refractivity contribution in [1.82, 2.24) is 5.32 Å². The van der Waals surface area contributed by atoms with Crippen LogP contribution in [-0.4, -0.2) is 43.3 Å². The maximum absolute atomic E-state index is 11.4. The van der Waals surface area contributed by atoms with Gasteiger partial charge in [0.1, 0.15) is 12.7 Å². The van der Waals surface area contributed by atoms with E-state index in [1.54, 1.807) is 18.2 Å². The lowest BCUT2D eigenvalue weighted by molar-refractivity contribution is 0.0986. The number of benzene rings is 1. The number of ketones is 1. The second kappa shape index (κ2) is 9.04. The molecule has 0 aromatic heterocycles. The molecule has 0 radical (unpaired) electrons. The lowest BCUT2D eigenvalue weighted by Gasteiger charge is -2.27. The third kappa shape index (κ3) is 5.49. The number of ether oxygens (including phenoxy) is 2. The third-order valence-corrected chi connectivity index (χ3v) is 4.66. The third-order valence-electron chi connectivity index (χ3n) is 4.66. The second-order valence-corrected chi connectivity index (χ2v) is 6.75. The van der Waals surface area contributed by atoms with Crippen molar-refractivity contribution >= 4 is 5.78 Å². The fourth-order valence-corrected chi connectivity index (χ4v) is 3.02. The van der Waals surface area contributed by atoms with Crippen LogP contribution in [0.1, 0.15) is 49.9 Å². The van der Waals surface area contributed by atoms with Gasteiger partial charge in [0.05, 0.1) is 7.11 Å². The van der Waals surface area contributed by atoms with Crippen LogP contribution in [0.4, 0.5) is 0 Å². The minimum absolute atomic E-state index is 0.0223. The zero-order valence-electron chi connectivity index (χ0n) is 14.9.